The second-order valence-electron chi connectivity index (χ2n) is 7.86. The van der Waals surface area contributed by atoms with Gasteiger partial charge in [0, 0.05) is 39.1 Å². The molecule has 1 atom stereocenters. The maximum Gasteiger partial charge on any atom is 0.236 e. The highest BCUT2D eigenvalue weighted by Gasteiger charge is 2.27. The van der Waals surface area contributed by atoms with Crippen LogP contribution in [0.1, 0.15) is 50.3 Å². The quantitative estimate of drug-likeness (QED) is 0.878. The molecule has 25 heavy (non-hydrogen) atoms. The van der Waals surface area contributed by atoms with Gasteiger partial charge in [0.05, 0.1) is 12.6 Å². The van der Waals surface area contributed by atoms with E-state index in [4.69, 9.17) is 0 Å². The number of carbonyl (C=O) groups is 1. The second-order valence-corrected chi connectivity index (χ2v) is 7.86. The molecule has 1 amide bonds. The van der Waals surface area contributed by atoms with Crippen LogP contribution < -0.4 is 5.32 Å². The van der Waals surface area contributed by atoms with Crippen molar-refractivity contribution in [1.82, 2.24) is 29.9 Å². The molecule has 7 heteroatoms. The number of hydrogen-bond donors (Lipinski definition) is 1. The molecule has 0 saturated carbocycles. The molecule has 0 spiro atoms. The first-order valence-electron chi connectivity index (χ1n) is 9.86. The fraction of sp³-hybridized carbons (Fsp3) is 0.833. The van der Waals surface area contributed by atoms with Gasteiger partial charge >= 0.3 is 0 Å². The lowest BCUT2D eigenvalue weighted by molar-refractivity contribution is -0.133. The predicted molar refractivity (Wildman–Crippen MR) is 95.1 cm³/mol. The maximum atomic E-state index is 12.6. The summed E-state index contributed by atoms with van der Waals surface area (Å²) in [5, 5.41) is 12.4. The van der Waals surface area contributed by atoms with Crippen molar-refractivity contribution >= 4 is 5.91 Å². The van der Waals surface area contributed by atoms with E-state index in [2.05, 4.69) is 36.8 Å². The molecule has 1 unspecified atom stereocenters. The van der Waals surface area contributed by atoms with Crippen LogP contribution in [-0.2, 0) is 17.8 Å². The first kappa shape index (κ1) is 17.0. The van der Waals surface area contributed by atoms with Gasteiger partial charge in [-0.15, -0.1) is 10.2 Å². The molecule has 3 aliphatic rings. The van der Waals surface area contributed by atoms with Crippen molar-refractivity contribution in [2.75, 3.05) is 39.3 Å². The van der Waals surface area contributed by atoms with Gasteiger partial charge in [0.2, 0.25) is 5.91 Å². The third-order valence-electron chi connectivity index (χ3n) is 6.01. The van der Waals surface area contributed by atoms with Crippen LogP contribution in [0.2, 0.25) is 0 Å². The van der Waals surface area contributed by atoms with Crippen LogP contribution in [0, 0.1) is 5.92 Å². The summed E-state index contributed by atoms with van der Waals surface area (Å²) in [7, 11) is 0. The minimum Gasteiger partial charge on any atom is -0.342 e. The number of hydrogen-bond acceptors (Lipinski definition) is 5. The summed E-state index contributed by atoms with van der Waals surface area (Å²) in [4.78, 5) is 17.0. The normalized spacial score (nSPS) is 25.8. The van der Waals surface area contributed by atoms with Gasteiger partial charge in [-0.2, -0.15) is 0 Å². The van der Waals surface area contributed by atoms with E-state index in [9.17, 15) is 4.79 Å². The molecular formula is C18H30N6O. The lowest BCUT2D eigenvalue weighted by Gasteiger charge is -2.32. The Hall–Kier alpha value is -1.47. The van der Waals surface area contributed by atoms with Gasteiger partial charge < -0.3 is 14.8 Å². The third-order valence-corrected chi connectivity index (χ3v) is 6.01. The van der Waals surface area contributed by atoms with Crippen LogP contribution in [0.25, 0.3) is 0 Å². The molecule has 1 N–H and O–H groups in total. The number of nitrogens with zero attached hydrogens (tertiary/aromatic N) is 5. The Kier molecular flexibility index (Phi) is 5.03. The lowest BCUT2D eigenvalue weighted by atomic mass is 9.99. The zero-order chi connectivity index (χ0) is 17.2. The van der Waals surface area contributed by atoms with Crippen molar-refractivity contribution in [3.63, 3.8) is 0 Å². The Morgan fingerprint density at radius 3 is 2.72 bits per heavy atom. The number of likely N-dealkylation sites (tertiary alicyclic amines) is 1. The summed E-state index contributed by atoms with van der Waals surface area (Å²) < 4.78 is 2.29. The number of nitrogens with one attached hydrogen (secondary N) is 1. The summed E-state index contributed by atoms with van der Waals surface area (Å²) in [6.45, 7) is 8.44. The van der Waals surface area contributed by atoms with Gasteiger partial charge in [-0.25, -0.2) is 0 Å². The molecule has 4 rings (SSSR count). The lowest BCUT2D eigenvalue weighted by Crippen LogP contribution is -2.44. The number of aromatic nitrogens is 3. The van der Waals surface area contributed by atoms with E-state index in [1.807, 2.05) is 0 Å². The molecular weight excluding hydrogens is 316 g/mol. The molecule has 0 aliphatic carbocycles. The first-order chi connectivity index (χ1) is 12.2. The van der Waals surface area contributed by atoms with Gasteiger partial charge in [0.1, 0.15) is 11.6 Å². The van der Waals surface area contributed by atoms with Crippen LogP contribution in [0.15, 0.2) is 0 Å². The highest BCUT2D eigenvalue weighted by atomic mass is 16.2. The van der Waals surface area contributed by atoms with E-state index in [0.29, 0.717) is 18.5 Å². The summed E-state index contributed by atoms with van der Waals surface area (Å²) in [5.41, 5.74) is 0. The third kappa shape index (κ3) is 3.72. The molecule has 1 aromatic heterocycles. The molecule has 3 aliphatic heterocycles. The van der Waals surface area contributed by atoms with Crippen molar-refractivity contribution in [3.05, 3.63) is 11.6 Å². The standard InChI is InChI=1S/C18H30N6O/c1-14-4-9-23(10-5-14)17(25)13-22-8-6-16-20-21-18(24(16)12-11-22)15-3-2-7-19-15/h14-15,19H,2-13H2,1H3. The zero-order valence-electron chi connectivity index (χ0n) is 15.3. The number of piperidine rings is 1. The van der Waals surface area contributed by atoms with E-state index >= 15 is 0 Å². The minimum absolute atomic E-state index is 0.294. The number of amides is 1. The van der Waals surface area contributed by atoms with Crippen molar-refractivity contribution in [2.45, 2.75) is 51.6 Å². The Labute approximate surface area is 149 Å². The van der Waals surface area contributed by atoms with Crippen molar-refractivity contribution in [2.24, 2.45) is 5.92 Å². The molecule has 0 radical (unpaired) electrons. The molecule has 0 bridgehead atoms. The first-order valence-corrected chi connectivity index (χ1v) is 9.86. The highest BCUT2D eigenvalue weighted by Crippen LogP contribution is 2.23. The average Bonchev–Trinajstić information content (AvgIpc) is 3.23. The van der Waals surface area contributed by atoms with Gasteiger partial charge in [-0.3, -0.25) is 9.69 Å². The van der Waals surface area contributed by atoms with E-state index in [1.54, 1.807) is 0 Å². The smallest absolute Gasteiger partial charge is 0.236 e. The molecule has 2 fully saturated rings. The Bertz CT molecular complexity index is 601. The SMILES string of the molecule is CC1CCN(C(=O)CN2CCc3nnc(C4CCCN4)n3CC2)CC1. The molecule has 1 aromatic rings. The average molecular weight is 346 g/mol. The zero-order valence-corrected chi connectivity index (χ0v) is 15.3. The van der Waals surface area contributed by atoms with Gasteiger partial charge in [0.25, 0.3) is 0 Å². The van der Waals surface area contributed by atoms with Crippen LogP contribution >= 0.6 is 0 Å². The summed E-state index contributed by atoms with van der Waals surface area (Å²) >= 11 is 0. The minimum atomic E-state index is 0.294. The number of fused-ring (bicyclic) bond motifs is 1. The van der Waals surface area contributed by atoms with Crippen LogP contribution in [-0.4, -0.2) is 69.7 Å². The molecule has 138 valence electrons. The highest BCUT2D eigenvalue weighted by molar-refractivity contribution is 5.78. The van der Waals surface area contributed by atoms with Crippen LogP contribution in [0.5, 0.6) is 0 Å². The predicted octanol–water partition coefficient (Wildman–Crippen LogP) is 0.819. The van der Waals surface area contributed by atoms with Crippen LogP contribution in [0.3, 0.4) is 0 Å². The monoisotopic (exact) mass is 346 g/mol. The Morgan fingerprint density at radius 1 is 1.12 bits per heavy atom. The largest absolute Gasteiger partial charge is 0.342 e. The van der Waals surface area contributed by atoms with E-state index in [-0.39, 0.29) is 0 Å². The van der Waals surface area contributed by atoms with Gasteiger partial charge in [-0.1, -0.05) is 6.92 Å². The molecule has 4 heterocycles. The summed E-state index contributed by atoms with van der Waals surface area (Å²) in [5.74, 6) is 3.22. The van der Waals surface area contributed by atoms with E-state index < -0.39 is 0 Å². The Balaban J connectivity index is 1.35. The molecule has 0 aromatic carbocycles. The van der Waals surface area contributed by atoms with Crippen molar-refractivity contribution in [3.8, 4) is 0 Å². The fourth-order valence-electron chi connectivity index (χ4n) is 4.26. The second kappa shape index (κ2) is 7.41. The van der Waals surface area contributed by atoms with Crippen LogP contribution in [0.4, 0.5) is 0 Å². The summed E-state index contributed by atoms with van der Waals surface area (Å²) in [6, 6.07) is 0.352. The van der Waals surface area contributed by atoms with Crippen molar-refractivity contribution in [1.29, 1.82) is 0 Å². The molecule has 7 nitrogen and oxygen atoms in total. The van der Waals surface area contributed by atoms with Gasteiger partial charge in [0.15, 0.2) is 0 Å². The number of carbonyl (C=O) groups excluding carboxylic acids is 1. The Morgan fingerprint density at radius 2 is 1.96 bits per heavy atom. The fourth-order valence-corrected chi connectivity index (χ4v) is 4.26. The van der Waals surface area contributed by atoms with Gasteiger partial charge in [-0.05, 0) is 38.1 Å². The van der Waals surface area contributed by atoms with E-state index in [0.717, 1.165) is 82.5 Å². The maximum absolute atomic E-state index is 12.6. The summed E-state index contributed by atoms with van der Waals surface area (Å²) in [6.07, 6.45) is 5.52. The molecule has 2 saturated heterocycles. The van der Waals surface area contributed by atoms with Crippen molar-refractivity contribution < 1.29 is 4.79 Å². The number of rotatable bonds is 3. The van der Waals surface area contributed by atoms with E-state index in [1.165, 1.54) is 6.42 Å². The topological polar surface area (TPSA) is 66.3 Å².